The topological polar surface area (TPSA) is 12.9 Å². The SMILES string of the molecule is Clc1c[c]cnc1Cc1ccccc1. The number of aromatic nitrogens is 1. The van der Waals surface area contributed by atoms with Gasteiger partial charge in [-0.1, -0.05) is 41.9 Å². The van der Waals surface area contributed by atoms with E-state index in [2.05, 4.69) is 23.2 Å². The average Bonchev–Trinajstić information content (AvgIpc) is 2.23. The Balaban J connectivity index is 2.24. The minimum Gasteiger partial charge on any atom is -0.259 e. The molecule has 1 aromatic heterocycles. The van der Waals surface area contributed by atoms with Crippen LogP contribution in [0.2, 0.25) is 5.02 Å². The van der Waals surface area contributed by atoms with Gasteiger partial charge in [0.2, 0.25) is 0 Å². The lowest BCUT2D eigenvalue weighted by atomic mass is 10.1. The van der Waals surface area contributed by atoms with Crippen molar-refractivity contribution in [2.45, 2.75) is 6.42 Å². The summed E-state index contributed by atoms with van der Waals surface area (Å²) in [4.78, 5) is 4.19. The zero-order valence-electron chi connectivity index (χ0n) is 7.57. The Kier molecular flexibility index (Phi) is 2.80. The standard InChI is InChI=1S/C12H9ClN/c13-11-7-4-8-14-12(11)9-10-5-2-1-3-6-10/h1-3,5-8H,9H2. The van der Waals surface area contributed by atoms with Gasteiger partial charge in [0.15, 0.2) is 0 Å². The summed E-state index contributed by atoms with van der Waals surface area (Å²) in [5.41, 5.74) is 2.12. The molecule has 2 heteroatoms. The van der Waals surface area contributed by atoms with Gasteiger partial charge in [-0.2, -0.15) is 0 Å². The molecule has 0 atom stereocenters. The van der Waals surface area contributed by atoms with Crippen LogP contribution in [-0.2, 0) is 6.42 Å². The molecule has 2 rings (SSSR count). The molecule has 14 heavy (non-hydrogen) atoms. The normalized spacial score (nSPS) is 10.1. The number of benzene rings is 1. The maximum absolute atomic E-state index is 5.98. The van der Waals surface area contributed by atoms with Gasteiger partial charge in [-0.05, 0) is 11.6 Å². The van der Waals surface area contributed by atoms with Crippen LogP contribution in [0.25, 0.3) is 0 Å². The van der Waals surface area contributed by atoms with Crippen molar-refractivity contribution in [3.63, 3.8) is 0 Å². The van der Waals surface area contributed by atoms with Crippen molar-refractivity contribution in [1.82, 2.24) is 4.98 Å². The van der Waals surface area contributed by atoms with Crippen LogP contribution in [0.1, 0.15) is 11.3 Å². The maximum Gasteiger partial charge on any atom is 0.0633 e. The van der Waals surface area contributed by atoms with Gasteiger partial charge >= 0.3 is 0 Å². The van der Waals surface area contributed by atoms with Crippen LogP contribution in [0.4, 0.5) is 0 Å². The molecule has 69 valence electrons. The van der Waals surface area contributed by atoms with Crippen molar-refractivity contribution >= 4 is 11.6 Å². The molecule has 0 saturated heterocycles. The van der Waals surface area contributed by atoms with Crippen LogP contribution in [0.15, 0.2) is 42.6 Å². The molecule has 1 nitrogen and oxygen atoms in total. The highest BCUT2D eigenvalue weighted by atomic mass is 35.5. The van der Waals surface area contributed by atoms with Crippen LogP contribution in [0.3, 0.4) is 0 Å². The van der Waals surface area contributed by atoms with E-state index in [1.54, 1.807) is 12.3 Å². The largest absolute Gasteiger partial charge is 0.259 e. The van der Waals surface area contributed by atoms with Crippen molar-refractivity contribution in [3.8, 4) is 0 Å². The van der Waals surface area contributed by atoms with E-state index in [1.807, 2.05) is 18.2 Å². The Morgan fingerprint density at radius 3 is 2.71 bits per heavy atom. The summed E-state index contributed by atoms with van der Waals surface area (Å²) >= 11 is 5.98. The molecule has 1 aromatic carbocycles. The molecule has 1 heterocycles. The lowest BCUT2D eigenvalue weighted by Crippen LogP contribution is -1.92. The minimum atomic E-state index is 0.677. The van der Waals surface area contributed by atoms with Gasteiger partial charge in [0.05, 0.1) is 10.7 Å². The van der Waals surface area contributed by atoms with Gasteiger partial charge in [-0.3, -0.25) is 4.98 Å². The Morgan fingerprint density at radius 1 is 1.21 bits per heavy atom. The van der Waals surface area contributed by atoms with E-state index in [-0.39, 0.29) is 0 Å². The Morgan fingerprint density at radius 2 is 2.00 bits per heavy atom. The number of hydrogen-bond donors (Lipinski definition) is 0. The highest BCUT2D eigenvalue weighted by Crippen LogP contribution is 2.15. The molecule has 0 amide bonds. The first-order valence-corrected chi connectivity index (χ1v) is 4.78. The molecule has 0 spiro atoms. The maximum atomic E-state index is 5.98. The highest BCUT2D eigenvalue weighted by molar-refractivity contribution is 6.31. The fourth-order valence-corrected chi connectivity index (χ4v) is 1.47. The lowest BCUT2D eigenvalue weighted by Gasteiger charge is -2.01. The predicted octanol–water partition coefficient (Wildman–Crippen LogP) is 3.13. The van der Waals surface area contributed by atoms with Gasteiger partial charge in [0.25, 0.3) is 0 Å². The summed E-state index contributed by atoms with van der Waals surface area (Å²) in [5, 5.41) is 0.677. The third-order valence-corrected chi connectivity index (χ3v) is 2.32. The van der Waals surface area contributed by atoms with E-state index in [9.17, 15) is 0 Å². The van der Waals surface area contributed by atoms with Gasteiger partial charge in [-0.25, -0.2) is 0 Å². The zero-order chi connectivity index (χ0) is 9.80. The third kappa shape index (κ3) is 2.12. The average molecular weight is 203 g/mol. The molecule has 0 aliphatic carbocycles. The van der Waals surface area contributed by atoms with Crippen molar-refractivity contribution in [2.24, 2.45) is 0 Å². The molecular formula is C12H9ClN. The summed E-state index contributed by atoms with van der Waals surface area (Å²) in [6, 6.07) is 14.7. The smallest absolute Gasteiger partial charge is 0.0633 e. The molecule has 0 unspecified atom stereocenters. The second-order valence-corrected chi connectivity index (χ2v) is 3.43. The van der Waals surface area contributed by atoms with E-state index in [4.69, 9.17) is 11.6 Å². The number of hydrogen-bond acceptors (Lipinski definition) is 1. The van der Waals surface area contributed by atoms with Crippen LogP contribution in [0, 0.1) is 6.07 Å². The van der Waals surface area contributed by atoms with Gasteiger partial charge in [0.1, 0.15) is 0 Å². The molecule has 0 fully saturated rings. The molecular weight excluding hydrogens is 194 g/mol. The molecule has 2 aromatic rings. The van der Waals surface area contributed by atoms with Gasteiger partial charge in [0, 0.05) is 18.7 Å². The van der Waals surface area contributed by atoms with E-state index in [1.165, 1.54) is 5.56 Å². The van der Waals surface area contributed by atoms with E-state index < -0.39 is 0 Å². The number of nitrogens with zero attached hydrogens (tertiary/aromatic N) is 1. The Labute approximate surface area is 88.4 Å². The second-order valence-electron chi connectivity index (χ2n) is 3.03. The van der Waals surface area contributed by atoms with E-state index in [0.717, 1.165) is 12.1 Å². The molecule has 1 radical (unpaired) electrons. The van der Waals surface area contributed by atoms with Crippen molar-refractivity contribution in [3.05, 3.63) is 64.9 Å². The Bertz CT molecular complexity index is 412. The zero-order valence-corrected chi connectivity index (χ0v) is 8.33. The number of halogens is 1. The summed E-state index contributed by atoms with van der Waals surface area (Å²) in [6.45, 7) is 0. The van der Waals surface area contributed by atoms with Gasteiger partial charge in [-0.15, -0.1) is 0 Å². The molecule has 0 bridgehead atoms. The number of rotatable bonds is 2. The monoisotopic (exact) mass is 202 g/mol. The third-order valence-electron chi connectivity index (χ3n) is 2.00. The van der Waals surface area contributed by atoms with Crippen molar-refractivity contribution in [2.75, 3.05) is 0 Å². The van der Waals surface area contributed by atoms with Crippen molar-refractivity contribution in [1.29, 1.82) is 0 Å². The summed E-state index contributed by atoms with van der Waals surface area (Å²) in [7, 11) is 0. The number of pyridine rings is 1. The summed E-state index contributed by atoms with van der Waals surface area (Å²) in [6.07, 6.45) is 2.42. The first-order chi connectivity index (χ1) is 6.86. The van der Waals surface area contributed by atoms with E-state index >= 15 is 0 Å². The second kappa shape index (κ2) is 4.25. The molecule has 0 saturated carbocycles. The first kappa shape index (κ1) is 9.22. The fraction of sp³-hybridized carbons (Fsp3) is 0.0833. The fourth-order valence-electron chi connectivity index (χ4n) is 1.29. The Hall–Kier alpha value is -1.34. The van der Waals surface area contributed by atoms with Gasteiger partial charge < -0.3 is 0 Å². The lowest BCUT2D eigenvalue weighted by molar-refractivity contribution is 1.07. The summed E-state index contributed by atoms with van der Waals surface area (Å²) < 4.78 is 0. The quantitative estimate of drug-likeness (QED) is 0.729. The van der Waals surface area contributed by atoms with E-state index in [0.29, 0.717) is 5.02 Å². The molecule has 0 aliphatic heterocycles. The van der Waals surface area contributed by atoms with Crippen LogP contribution in [0.5, 0.6) is 0 Å². The van der Waals surface area contributed by atoms with Crippen LogP contribution < -0.4 is 0 Å². The first-order valence-electron chi connectivity index (χ1n) is 4.40. The van der Waals surface area contributed by atoms with Crippen molar-refractivity contribution < 1.29 is 0 Å². The molecule has 0 aliphatic rings. The highest BCUT2D eigenvalue weighted by Gasteiger charge is 2.01. The van der Waals surface area contributed by atoms with Crippen LogP contribution in [-0.4, -0.2) is 4.98 Å². The molecule has 0 N–H and O–H groups in total. The minimum absolute atomic E-state index is 0.677. The predicted molar refractivity (Wildman–Crippen MR) is 57.3 cm³/mol. The summed E-state index contributed by atoms with van der Waals surface area (Å²) in [5.74, 6) is 0. The van der Waals surface area contributed by atoms with Crippen LogP contribution >= 0.6 is 11.6 Å².